The highest BCUT2D eigenvalue weighted by molar-refractivity contribution is 5.19. The zero-order valence-corrected chi connectivity index (χ0v) is 9.35. The smallest absolute Gasteiger partial charge is 0.164 e. The van der Waals surface area contributed by atoms with Gasteiger partial charge in [0.1, 0.15) is 0 Å². The highest BCUT2D eigenvalue weighted by Crippen LogP contribution is 2.26. The molecule has 1 fully saturated rings. The average Bonchev–Trinajstić information content (AvgIpc) is 2.29. The molecule has 0 N–H and O–H groups in total. The Bertz CT molecular complexity index is 297. The molecule has 2 rings (SSSR count). The third kappa shape index (κ3) is 2.58. The Morgan fingerprint density at radius 3 is 2.67 bits per heavy atom. The average molecular weight is 206 g/mol. The quantitative estimate of drug-likeness (QED) is 0.740. The van der Waals surface area contributed by atoms with E-state index in [4.69, 9.17) is 9.47 Å². The molecule has 0 radical (unpaired) electrons. The molecule has 2 nitrogen and oxygen atoms in total. The summed E-state index contributed by atoms with van der Waals surface area (Å²) >= 11 is 0. The van der Waals surface area contributed by atoms with Gasteiger partial charge < -0.3 is 9.47 Å². The largest absolute Gasteiger partial charge is 0.352 e. The lowest BCUT2D eigenvalue weighted by atomic mass is 10.0. The van der Waals surface area contributed by atoms with Crippen molar-refractivity contribution < 1.29 is 9.47 Å². The van der Waals surface area contributed by atoms with E-state index in [1.807, 2.05) is 6.07 Å². The summed E-state index contributed by atoms with van der Waals surface area (Å²) in [5.74, 6) is 0.300. The first kappa shape index (κ1) is 10.7. The molecule has 1 heterocycles. The van der Waals surface area contributed by atoms with Crippen molar-refractivity contribution in [3.63, 3.8) is 0 Å². The monoisotopic (exact) mass is 206 g/mol. The van der Waals surface area contributed by atoms with E-state index in [-0.39, 0.29) is 6.29 Å². The molecule has 3 atom stereocenters. The van der Waals surface area contributed by atoms with Gasteiger partial charge in [-0.25, -0.2) is 0 Å². The molecule has 0 unspecified atom stereocenters. The maximum atomic E-state index is 5.78. The second kappa shape index (κ2) is 4.77. The first-order valence-corrected chi connectivity index (χ1v) is 5.59. The van der Waals surface area contributed by atoms with Crippen molar-refractivity contribution in [2.24, 2.45) is 0 Å². The van der Waals surface area contributed by atoms with Crippen molar-refractivity contribution in [3.05, 3.63) is 35.9 Å². The Kier molecular flexibility index (Phi) is 3.39. The molecular weight excluding hydrogens is 188 g/mol. The van der Waals surface area contributed by atoms with Crippen LogP contribution >= 0.6 is 0 Å². The predicted octanol–water partition coefficient (Wildman–Crippen LogP) is 2.94. The fourth-order valence-corrected chi connectivity index (χ4v) is 1.86. The lowest BCUT2D eigenvalue weighted by Crippen LogP contribution is -2.34. The van der Waals surface area contributed by atoms with E-state index < -0.39 is 0 Å². The molecule has 0 aliphatic carbocycles. The van der Waals surface area contributed by atoms with Crippen LogP contribution in [0.2, 0.25) is 0 Å². The van der Waals surface area contributed by atoms with Crippen LogP contribution in [0.3, 0.4) is 0 Å². The van der Waals surface area contributed by atoms with Crippen LogP contribution in [0.15, 0.2) is 30.3 Å². The first-order valence-electron chi connectivity index (χ1n) is 5.59. The van der Waals surface area contributed by atoms with Crippen LogP contribution in [-0.4, -0.2) is 19.0 Å². The van der Waals surface area contributed by atoms with Gasteiger partial charge in [-0.2, -0.15) is 0 Å². The Labute approximate surface area is 91.2 Å². The van der Waals surface area contributed by atoms with Crippen molar-refractivity contribution in [1.29, 1.82) is 0 Å². The van der Waals surface area contributed by atoms with Crippen molar-refractivity contribution in [2.75, 3.05) is 6.61 Å². The predicted molar refractivity (Wildman–Crippen MR) is 59.8 cm³/mol. The minimum atomic E-state index is -0.0869. The molecule has 1 aliphatic rings. The van der Waals surface area contributed by atoms with Crippen LogP contribution in [0.5, 0.6) is 0 Å². The van der Waals surface area contributed by atoms with Crippen LogP contribution < -0.4 is 0 Å². The summed E-state index contributed by atoms with van der Waals surface area (Å²) in [7, 11) is 0. The maximum Gasteiger partial charge on any atom is 0.164 e. The van der Waals surface area contributed by atoms with E-state index in [1.54, 1.807) is 0 Å². The Morgan fingerprint density at radius 2 is 2.00 bits per heavy atom. The topological polar surface area (TPSA) is 18.5 Å². The molecule has 1 aromatic rings. The van der Waals surface area contributed by atoms with E-state index in [1.165, 1.54) is 5.56 Å². The van der Waals surface area contributed by atoms with Gasteiger partial charge in [-0.15, -0.1) is 0 Å². The molecule has 1 saturated heterocycles. The summed E-state index contributed by atoms with van der Waals surface area (Å²) in [6.07, 6.45) is 1.23. The highest BCUT2D eigenvalue weighted by Gasteiger charge is 2.25. The summed E-state index contributed by atoms with van der Waals surface area (Å²) < 4.78 is 11.4. The number of hydrogen-bond acceptors (Lipinski definition) is 2. The molecular formula is C13H18O2. The van der Waals surface area contributed by atoms with Gasteiger partial charge in [-0.3, -0.25) is 0 Å². The number of benzene rings is 1. The molecule has 1 aliphatic heterocycles. The van der Waals surface area contributed by atoms with Gasteiger partial charge in [0.2, 0.25) is 0 Å². The zero-order chi connectivity index (χ0) is 10.7. The lowest BCUT2D eigenvalue weighted by molar-refractivity contribution is -0.216. The third-order valence-electron chi connectivity index (χ3n) is 2.91. The van der Waals surface area contributed by atoms with Crippen molar-refractivity contribution >= 4 is 0 Å². The summed E-state index contributed by atoms with van der Waals surface area (Å²) in [5.41, 5.74) is 1.27. The molecule has 2 heteroatoms. The Hall–Kier alpha value is -0.860. The summed E-state index contributed by atoms with van der Waals surface area (Å²) in [6.45, 7) is 5.06. The normalized spacial score (nSPS) is 28.7. The van der Waals surface area contributed by atoms with E-state index in [9.17, 15) is 0 Å². The minimum Gasteiger partial charge on any atom is -0.352 e. The number of hydrogen-bond donors (Lipinski definition) is 0. The van der Waals surface area contributed by atoms with Gasteiger partial charge in [0, 0.05) is 5.92 Å². The van der Waals surface area contributed by atoms with Crippen LogP contribution in [0, 0.1) is 0 Å². The van der Waals surface area contributed by atoms with Crippen LogP contribution in [-0.2, 0) is 9.47 Å². The summed E-state index contributed by atoms with van der Waals surface area (Å²) in [4.78, 5) is 0. The van der Waals surface area contributed by atoms with E-state index >= 15 is 0 Å². The Balaban J connectivity index is 2.04. The first-order chi connectivity index (χ1) is 7.27. The third-order valence-corrected chi connectivity index (χ3v) is 2.91. The zero-order valence-electron chi connectivity index (χ0n) is 9.35. The van der Waals surface area contributed by atoms with Gasteiger partial charge in [0.15, 0.2) is 6.29 Å². The van der Waals surface area contributed by atoms with Gasteiger partial charge in [-0.05, 0) is 18.9 Å². The lowest BCUT2D eigenvalue weighted by Gasteiger charge is -2.32. The molecule has 0 amide bonds. The summed E-state index contributed by atoms with van der Waals surface area (Å²) in [6, 6.07) is 10.4. The van der Waals surface area contributed by atoms with E-state index in [0.717, 1.165) is 13.0 Å². The van der Waals surface area contributed by atoms with Gasteiger partial charge in [-0.1, -0.05) is 37.3 Å². The number of rotatable bonds is 2. The second-order valence-electron chi connectivity index (χ2n) is 4.17. The molecule has 1 aromatic carbocycles. The molecule has 82 valence electrons. The van der Waals surface area contributed by atoms with Crippen molar-refractivity contribution in [3.8, 4) is 0 Å². The van der Waals surface area contributed by atoms with Gasteiger partial charge in [0.05, 0.1) is 12.7 Å². The minimum absolute atomic E-state index is 0.0869. The van der Waals surface area contributed by atoms with Gasteiger partial charge in [0.25, 0.3) is 0 Å². The van der Waals surface area contributed by atoms with Crippen molar-refractivity contribution in [1.82, 2.24) is 0 Å². The molecule has 0 spiro atoms. The maximum absolute atomic E-state index is 5.78. The Morgan fingerprint density at radius 1 is 1.27 bits per heavy atom. The summed E-state index contributed by atoms with van der Waals surface area (Å²) in [5, 5.41) is 0. The molecule has 0 aromatic heterocycles. The molecule has 0 bridgehead atoms. The fraction of sp³-hybridized carbons (Fsp3) is 0.538. The van der Waals surface area contributed by atoms with Crippen LogP contribution in [0.1, 0.15) is 31.7 Å². The van der Waals surface area contributed by atoms with Crippen molar-refractivity contribution in [2.45, 2.75) is 38.6 Å². The molecule has 0 saturated carbocycles. The van der Waals surface area contributed by atoms with Crippen LogP contribution in [0.4, 0.5) is 0 Å². The van der Waals surface area contributed by atoms with Gasteiger partial charge >= 0.3 is 0 Å². The standard InChI is InChI=1S/C13H18O2/c1-10-8-9-14-13(15-10)11(2)12-6-4-3-5-7-12/h3-7,10-11,13H,8-9H2,1-2H3/t10-,11+,13+/m1/s1. The number of ether oxygens (including phenoxy) is 2. The molecule has 15 heavy (non-hydrogen) atoms. The van der Waals surface area contributed by atoms with E-state index in [2.05, 4.69) is 38.1 Å². The second-order valence-corrected chi connectivity index (χ2v) is 4.17. The fourth-order valence-electron chi connectivity index (χ4n) is 1.86. The highest BCUT2D eigenvalue weighted by atomic mass is 16.7. The van der Waals surface area contributed by atoms with E-state index in [0.29, 0.717) is 12.0 Å². The SMILES string of the molecule is C[C@@H]1CCO[C@H]([C@@H](C)c2ccccc2)O1. The van der Waals surface area contributed by atoms with Crippen LogP contribution in [0.25, 0.3) is 0 Å².